The summed E-state index contributed by atoms with van der Waals surface area (Å²) < 4.78 is 7.21. The van der Waals surface area contributed by atoms with Gasteiger partial charge in [0, 0.05) is 13.1 Å². The molecular weight excluding hydrogens is 397 g/mol. The quantitative estimate of drug-likeness (QED) is 0.356. The Kier molecular flexibility index (Phi) is 5.28. The van der Waals surface area contributed by atoms with E-state index in [1.807, 2.05) is 30.3 Å². The Bertz CT molecular complexity index is 1070. The van der Waals surface area contributed by atoms with Crippen LogP contribution in [-0.4, -0.2) is 21.3 Å². The molecule has 0 radical (unpaired) electrons. The third-order valence-electron chi connectivity index (χ3n) is 3.75. The number of nitriles is 1. The second kappa shape index (κ2) is 7.46. The summed E-state index contributed by atoms with van der Waals surface area (Å²) in [5.74, 6) is 0.318. The molecule has 0 fully saturated rings. The molecule has 132 valence electrons. The Morgan fingerprint density at radius 1 is 1.19 bits per heavy atom. The van der Waals surface area contributed by atoms with Gasteiger partial charge in [0.05, 0.1) is 26.1 Å². The Morgan fingerprint density at radius 2 is 1.88 bits per heavy atom. The molecule has 0 aliphatic carbocycles. The molecule has 1 heterocycles. The standard InChI is InChI=1S/C18H12Cl3N3O2/c1-24-15-5-3-2-4-14(15)23-18(24)10(8-22)16(25)9-26-17-7-12(20)11(19)6-13(17)21/h2-7,25H,9H2,1H3/b16-10-. The van der Waals surface area contributed by atoms with Gasteiger partial charge in [0.2, 0.25) is 0 Å². The molecular formula is C18H12Cl3N3O2. The average Bonchev–Trinajstić information content (AvgIpc) is 2.95. The third kappa shape index (κ3) is 3.45. The molecule has 5 nitrogen and oxygen atoms in total. The summed E-state index contributed by atoms with van der Waals surface area (Å²) in [6.07, 6.45) is 0. The van der Waals surface area contributed by atoms with E-state index in [0.717, 1.165) is 11.0 Å². The first-order valence-corrected chi connectivity index (χ1v) is 8.57. The maximum atomic E-state index is 10.4. The van der Waals surface area contributed by atoms with Gasteiger partial charge in [-0.15, -0.1) is 0 Å². The first kappa shape index (κ1) is 18.4. The van der Waals surface area contributed by atoms with E-state index in [2.05, 4.69) is 4.98 Å². The number of rotatable bonds is 4. The number of hydrogen-bond acceptors (Lipinski definition) is 4. The molecule has 0 atom stereocenters. The molecule has 0 spiro atoms. The number of hydrogen-bond donors (Lipinski definition) is 1. The Morgan fingerprint density at radius 3 is 2.58 bits per heavy atom. The summed E-state index contributed by atoms with van der Waals surface area (Å²) >= 11 is 17.9. The maximum Gasteiger partial charge on any atom is 0.155 e. The number of ether oxygens (including phenoxy) is 1. The molecule has 0 amide bonds. The van der Waals surface area contributed by atoms with Crippen molar-refractivity contribution in [2.45, 2.75) is 0 Å². The van der Waals surface area contributed by atoms with Gasteiger partial charge >= 0.3 is 0 Å². The number of allylic oxidation sites excluding steroid dienone is 1. The van der Waals surface area contributed by atoms with Crippen LogP contribution in [0.3, 0.4) is 0 Å². The fourth-order valence-corrected chi connectivity index (χ4v) is 3.04. The highest BCUT2D eigenvalue weighted by molar-refractivity contribution is 6.43. The Labute approximate surface area is 164 Å². The lowest BCUT2D eigenvalue weighted by atomic mass is 10.2. The number of nitrogens with zero attached hydrogens (tertiary/aromatic N) is 3. The van der Waals surface area contributed by atoms with Gasteiger partial charge in [-0.25, -0.2) is 4.98 Å². The van der Waals surface area contributed by atoms with Crippen molar-refractivity contribution < 1.29 is 9.84 Å². The zero-order valence-corrected chi connectivity index (χ0v) is 15.8. The van der Waals surface area contributed by atoms with Crippen molar-refractivity contribution in [1.29, 1.82) is 5.26 Å². The van der Waals surface area contributed by atoms with Crippen LogP contribution in [0.2, 0.25) is 15.1 Å². The minimum Gasteiger partial charge on any atom is -0.507 e. The molecule has 0 saturated carbocycles. The first-order valence-electron chi connectivity index (χ1n) is 7.43. The summed E-state index contributed by atoms with van der Waals surface area (Å²) in [6.45, 7) is -0.274. The van der Waals surface area contributed by atoms with E-state index in [9.17, 15) is 10.4 Å². The molecule has 0 unspecified atom stereocenters. The highest BCUT2D eigenvalue weighted by atomic mass is 35.5. The molecule has 26 heavy (non-hydrogen) atoms. The molecule has 0 bridgehead atoms. The van der Waals surface area contributed by atoms with Crippen LogP contribution in [0.5, 0.6) is 5.75 Å². The highest BCUT2D eigenvalue weighted by Gasteiger charge is 2.17. The van der Waals surface area contributed by atoms with Gasteiger partial charge in [-0.05, 0) is 18.2 Å². The molecule has 3 aromatic rings. The number of aliphatic hydroxyl groups excluding tert-OH is 1. The van der Waals surface area contributed by atoms with Gasteiger partial charge in [-0.3, -0.25) is 0 Å². The van der Waals surface area contributed by atoms with E-state index < -0.39 is 0 Å². The zero-order valence-electron chi connectivity index (χ0n) is 13.5. The van der Waals surface area contributed by atoms with Crippen molar-refractivity contribution in [2.75, 3.05) is 6.61 Å². The van der Waals surface area contributed by atoms with Gasteiger partial charge in [0.25, 0.3) is 0 Å². The van der Waals surface area contributed by atoms with E-state index in [1.54, 1.807) is 11.6 Å². The largest absolute Gasteiger partial charge is 0.507 e. The first-order chi connectivity index (χ1) is 12.4. The molecule has 1 aromatic heterocycles. The van der Waals surface area contributed by atoms with E-state index in [1.165, 1.54) is 12.1 Å². The predicted molar refractivity (Wildman–Crippen MR) is 103 cm³/mol. The second-order valence-electron chi connectivity index (χ2n) is 5.40. The highest BCUT2D eigenvalue weighted by Crippen LogP contribution is 2.34. The molecule has 0 aliphatic rings. The minimum absolute atomic E-state index is 0.0138. The monoisotopic (exact) mass is 407 g/mol. The number of aryl methyl sites for hydroxylation is 1. The fourth-order valence-electron chi connectivity index (χ4n) is 2.45. The van der Waals surface area contributed by atoms with Crippen molar-refractivity contribution in [3.8, 4) is 11.8 Å². The van der Waals surface area contributed by atoms with Gasteiger partial charge in [0.15, 0.2) is 11.6 Å². The van der Waals surface area contributed by atoms with Crippen LogP contribution in [-0.2, 0) is 7.05 Å². The van der Waals surface area contributed by atoms with Crippen molar-refractivity contribution in [3.63, 3.8) is 0 Å². The zero-order chi connectivity index (χ0) is 18.8. The summed E-state index contributed by atoms with van der Waals surface area (Å²) in [7, 11) is 1.77. The van der Waals surface area contributed by atoms with Crippen LogP contribution >= 0.6 is 34.8 Å². The predicted octanol–water partition coefficient (Wildman–Crippen LogP) is 5.41. The fraction of sp³-hybridized carbons (Fsp3) is 0.111. The Balaban J connectivity index is 1.93. The molecule has 0 saturated heterocycles. The lowest BCUT2D eigenvalue weighted by molar-refractivity contribution is 0.272. The average molecular weight is 409 g/mol. The second-order valence-corrected chi connectivity index (χ2v) is 6.62. The summed E-state index contributed by atoms with van der Waals surface area (Å²) in [5.41, 5.74) is 1.58. The lowest BCUT2D eigenvalue weighted by Gasteiger charge is -2.10. The van der Waals surface area contributed by atoms with Gasteiger partial charge in [-0.2, -0.15) is 5.26 Å². The Hall–Kier alpha value is -2.39. The van der Waals surface area contributed by atoms with Crippen molar-refractivity contribution in [3.05, 3.63) is 63.0 Å². The number of para-hydroxylation sites is 2. The van der Waals surface area contributed by atoms with E-state index in [0.29, 0.717) is 10.8 Å². The van der Waals surface area contributed by atoms with Crippen LogP contribution in [0.25, 0.3) is 16.6 Å². The van der Waals surface area contributed by atoms with Crippen molar-refractivity contribution in [2.24, 2.45) is 7.05 Å². The van der Waals surface area contributed by atoms with Crippen LogP contribution in [0.4, 0.5) is 0 Å². The van der Waals surface area contributed by atoms with Crippen molar-refractivity contribution >= 4 is 51.4 Å². The van der Waals surface area contributed by atoms with E-state index in [-0.39, 0.29) is 33.7 Å². The number of aliphatic hydroxyl groups is 1. The number of benzene rings is 2. The normalized spacial score (nSPS) is 12.0. The smallest absolute Gasteiger partial charge is 0.155 e. The summed E-state index contributed by atoms with van der Waals surface area (Å²) in [4.78, 5) is 4.41. The van der Waals surface area contributed by atoms with E-state index in [4.69, 9.17) is 39.5 Å². The molecule has 2 aromatic carbocycles. The maximum absolute atomic E-state index is 10.4. The topological polar surface area (TPSA) is 71.1 Å². The number of imidazole rings is 1. The van der Waals surface area contributed by atoms with Crippen LogP contribution in [0.15, 0.2) is 42.2 Å². The number of fused-ring (bicyclic) bond motifs is 1. The van der Waals surface area contributed by atoms with E-state index >= 15 is 0 Å². The number of halogens is 3. The van der Waals surface area contributed by atoms with Crippen molar-refractivity contribution in [1.82, 2.24) is 9.55 Å². The summed E-state index contributed by atoms with van der Waals surface area (Å²) in [6, 6.07) is 12.3. The molecule has 0 aliphatic heterocycles. The van der Waals surface area contributed by atoms with Crippen LogP contribution in [0, 0.1) is 11.3 Å². The van der Waals surface area contributed by atoms with Crippen LogP contribution in [0.1, 0.15) is 5.82 Å². The SMILES string of the molecule is Cn1c(/C(C#N)=C(\O)COc2cc(Cl)c(Cl)cc2Cl)nc2ccccc21. The molecule has 1 N–H and O–H groups in total. The third-order valence-corrected chi connectivity index (χ3v) is 4.77. The molecule has 8 heteroatoms. The summed E-state index contributed by atoms with van der Waals surface area (Å²) in [5, 5.41) is 20.7. The van der Waals surface area contributed by atoms with Gasteiger partial charge in [0.1, 0.15) is 24.0 Å². The van der Waals surface area contributed by atoms with Gasteiger partial charge < -0.3 is 14.4 Å². The van der Waals surface area contributed by atoms with Crippen LogP contribution < -0.4 is 4.74 Å². The minimum atomic E-state index is -0.274. The van der Waals surface area contributed by atoms with Gasteiger partial charge in [-0.1, -0.05) is 46.9 Å². The lowest BCUT2D eigenvalue weighted by Crippen LogP contribution is -2.06. The molecule has 3 rings (SSSR count). The number of aromatic nitrogens is 2.